The second kappa shape index (κ2) is 9.19. The van der Waals surface area contributed by atoms with Gasteiger partial charge >= 0.3 is 0 Å². The topological polar surface area (TPSA) is 65.8 Å². The number of nitrogens with one attached hydrogen (secondary N) is 1. The second-order valence-corrected chi connectivity index (χ2v) is 8.43. The summed E-state index contributed by atoms with van der Waals surface area (Å²) in [6, 6.07) is 20.3. The van der Waals surface area contributed by atoms with Crippen molar-refractivity contribution in [2.45, 2.75) is 0 Å². The van der Waals surface area contributed by atoms with E-state index in [1.165, 1.54) is 6.07 Å². The van der Waals surface area contributed by atoms with Crippen LogP contribution in [0.25, 0.3) is 11.0 Å². The van der Waals surface area contributed by atoms with Crippen LogP contribution in [0.2, 0.25) is 5.02 Å². The Hall–Kier alpha value is -3.84. The first kappa shape index (κ1) is 22.0. The van der Waals surface area contributed by atoms with Gasteiger partial charge in [0.2, 0.25) is 5.76 Å². The van der Waals surface area contributed by atoms with Crippen molar-refractivity contribution in [2.24, 2.45) is 0 Å². The third-order valence-electron chi connectivity index (χ3n) is 5.88. The third-order valence-corrected chi connectivity index (χ3v) is 6.11. The molecule has 0 saturated carbocycles. The molecule has 1 N–H and O–H groups in total. The highest BCUT2D eigenvalue weighted by Crippen LogP contribution is 2.33. The molecule has 1 saturated heterocycles. The van der Waals surface area contributed by atoms with Crippen LogP contribution in [0, 0.1) is 5.82 Å². The minimum Gasteiger partial charge on any atom is -0.449 e. The summed E-state index contributed by atoms with van der Waals surface area (Å²) in [7, 11) is 0. The van der Waals surface area contributed by atoms with Gasteiger partial charge in [-0.25, -0.2) is 4.39 Å². The third kappa shape index (κ3) is 4.22. The van der Waals surface area contributed by atoms with Gasteiger partial charge in [0.05, 0.1) is 5.69 Å². The van der Waals surface area contributed by atoms with E-state index in [0.717, 1.165) is 0 Å². The van der Waals surface area contributed by atoms with Crippen LogP contribution in [0.5, 0.6) is 0 Å². The number of piperazine rings is 1. The summed E-state index contributed by atoms with van der Waals surface area (Å²) in [6.45, 7) is 1.76. The SMILES string of the molecule is O=C(Nc1c(C(=O)N2CCN(c3ccccc3F)CC2)oc2ccccc12)c1cccc(Cl)c1. The molecular weight excluding hydrogens is 457 g/mol. The first-order chi connectivity index (χ1) is 16.5. The van der Waals surface area contributed by atoms with E-state index in [9.17, 15) is 14.0 Å². The molecule has 8 heteroatoms. The summed E-state index contributed by atoms with van der Waals surface area (Å²) in [6.07, 6.45) is 0. The number of hydrogen-bond donors (Lipinski definition) is 1. The number of nitrogens with zero attached hydrogens (tertiary/aromatic N) is 2. The van der Waals surface area contributed by atoms with Crippen molar-refractivity contribution in [3.63, 3.8) is 0 Å². The number of carbonyl (C=O) groups is 2. The van der Waals surface area contributed by atoms with Crippen LogP contribution in [0.1, 0.15) is 20.9 Å². The first-order valence-electron chi connectivity index (χ1n) is 10.9. The molecule has 2 heterocycles. The Kier molecular flexibility index (Phi) is 5.94. The Morgan fingerprint density at radius 2 is 1.65 bits per heavy atom. The van der Waals surface area contributed by atoms with Crippen molar-refractivity contribution in [3.8, 4) is 0 Å². The number of amides is 2. The molecule has 0 unspecified atom stereocenters. The lowest BCUT2D eigenvalue weighted by Crippen LogP contribution is -2.49. The largest absolute Gasteiger partial charge is 0.449 e. The average molecular weight is 478 g/mol. The maximum absolute atomic E-state index is 14.2. The highest BCUT2D eigenvalue weighted by Gasteiger charge is 2.29. The number of anilines is 2. The van der Waals surface area contributed by atoms with E-state index >= 15 is 0 Å². The van der Waals surface area contributed by atoms with E-state index in [-0.39, 0.29) is 17.5 Å². The standard InChI is InChI=1S/C26H21ClFN3O3/c27-18-7-5-6-17(16-18)25(32)29-23-19-8-1-4-11-22(19)34-24(23)26(33)31-14-12-30(13-15-31)21-10-3-2-9-20(21)28/h1-11,16H,12-15H2,(H,29,32). The van der Waals surface area contributed by atoms with Crippen molar-refractivity contribution >= 4 is 45.8 Å². The van der Waals surface area contributed by atoms with Crippen molar-refractivity contribution < 1.29 is 18.4 Å². The number of para-hydroxylation sites is 2. The Balaban J connectivity index is 1.40. The highest BCUT2D eigenvalue weighted by molar-refractivity contribution is 6.31. The van der Waals surface area contributed by atoms with E-state index in [4.69, 9.17) is 16.0 Å². The van der Waals surface area contributed by atoms with Gasteiger partial charge in [0.1, 0.15) is 17.1 Å². The Morgan fingerprint density at radius 3 is 2.41 bits per heavy atom. The van der Waals surface area contributed by atoms with Crippen LogP contribution in [-0.4, -0.2) is 42.9 Å². The fraction of sp³-hybridized carbons (Fsp3) is 0.154. The molecule has 1 aliphatic heterocycles. The molecule has 5 rings (SSSR count). The van der Waals surface area contributed by atoms with E-state index in [1.807, 2.05) is 11.0 Å². The van der Waals surface area contributed by atoms with Crippen LogP contribution < -0.4 is 10.2 Å². The van der Waals surface area contributed by atoms with Gasteiger partial charge < -0.3 is 19.5 Å². The summed E-state index contributed by atoms with van der Waals surface area (Å²) < 4.78 is 20.1. The van der Waals surface area contributed by atoms with Gasteiger partial charge in [-0.05, 0) is 42.5 Å². The molecule has 1 aliphatic rings. The van der Waals surface area contributed by atoms with Gasteiger partial charge in [0.15, 0.2) is 0 Å². The summed E-state index contributed by atoms with van der Waals surface area (Å²) in [5, 5.41) is 3.91. The summed E-state index contributed by atoms with van der Waals surface area (Å²) in [5.74, 6) is -0.945. The number of benzene rings is 3. The molecule has 4 aromatic rings. The lowest BCUT2D eigenvalue weighted by molar-refractivity contribution is 0.0718. The van der Waals surface area contributed by atoms with Gasteiger partial charge in [-0.3, -0.25) is 9.59 Å². The Morgan fingerprint density at radius 1 is 0.912 bits per heavy atom. The van der Waals surface area contributed by atoms with Crippen molar-refractivity contribution in [2.75, 3.05) is 36.4 Å². The molecule has 6 nitrogen and oxygen atoms in total. The minimum atomic E-state index is -0.396. The molecule has 0 atom stereocenters. The number of fused-ring (bicyclic) bond motifs is 1. The lowest BCUT2D eigenvalue weighted by Gasteiger charge is -2.35. The van der Waals surface area contributed by atoms with Crippen molar-refractivity contribution in [3.05, 3.63) is 95.0 Å². The Labute approximate surface area is 200 Å². The van der Waals surface area contributed by atoms with Gasteiger partial charge in [-0.2, -0.15) is 0 Å². The second-order valence-electron chi connectivity index (χ2n) is 8.00. The number of hydrogen-bond acceptors (Lipinski definition) is 4. The van der Waals surface area contributed by atoms with Crippen LogP contribution in [-0.2, 0) is 0 Å². The fourth-order valence-corrected chi connectivity index (χ4v) is 4.33. The number of rotatable bonds is 4. The van der Waals surface area contributed by atoms with Crippen LogP contribution in [0.15, 0.2) is 77.2 Å². The van der Waals surface area contributed by atoms with Crippen molar-refractivity contribution in [1.29, 1.82) is 0 Å². The minimum absolute atomic E-state index is 0.0657. The monoisotopic (exact) mass is 477 g/mol. The lowest BCUT2D eigenvalue weighted by atomic mass is 10.1. The molecule has 0 bridgehead atoms. The smallest absolute Gasteiger partial charge is 0.291 e. The van der Waals surface area contributed by atoms with E-state index in [1.54, 1.807) is 65.6 Å². The number of carbonyl (C=O) groups excluding carboxylic acids is 2. The Bertz CT molecular complexity index is 1380. The molecule has 34 heavy (non-hydrogen) atoms. The zero-order chi connectivity index (χ0) is 23.7. The van der Waals surface area contributed by atoms with E-state index < -0.39 is 5.91 Å². The van der Waals surface area contributed by atoms with Crippen LogP contribution in [0.3, 0.4) is 0 Å². The highest BCUT2D eigenvalue weighted by atomic mass is 35.5. The van der Waals surface area contributed by atoms with Crippen LogP contribution in [0.4, 0.5) is 15.8 Å². The quantitative estimate of drug-likeness (QED) is 0.425. The molecule has 3 aromatic carbocycles. The normalized spacial score (nSPS) is 13.8. The molecule has 0 spiro atoms. The van der Waals surface area contributed by atoms with Gasteiger partial charge in [-0.15, -0.1) is 0 Å². The summed E-state index contributed by atoms with van der Waals surface area (Å²) in [4.78, 5) is 29.9. The van der Waals surface area contributed by atoms with Gasteiger partial charge in [0, 0.05) is 42.2 Å². The zero-order valence-corrected chi connectivity index (χ0v) is 18.9. The number of furan rings is 1. The van der Waals surface area contributed by atoms with Crippen molar-refractivity contribution in [1.82, 2.24) is 4.90 Å². The predicted octanol–water partition coefficient (Wildman–Crippen LogP) is 5.44. The molecule has 0 radical (unpaired) electrons. The predicted molar refractivity (Wildman–Crippen MR) is 130 cm³/mol. The average Bonchev–Trinajstić information content (AvgIpc) is 3.22. The van der Waals surface area contributed by atoms with E-state index in [2.05, 4.69) is 5.32 Å². The van der Waals surface area contributed by atoms with E-state index in [0.29, 0.717) is 59.1 Å². The van der Waals surface area contributed by atoms with Gasteiger partial charge in [0.25, 0.3) is 11.8 Å². The zero-order valence-electron chi connectivity index (χ0n) is 18.1. The molecule has 1 fully saturated rings. The van der Waals surface area contributed by atoms with Gasteiger partial charge in [-0.1, -0.05) is 41.9 Å². The summed E-state index contributed by atoms with van der Waals surface area (Å²) in [5.41, 5.74) is 1.71. The number of halogens is 2. The molecule has 1 aromatic heterocycles. The van der Waals surface area contributed by atoms with Crippen LogP contribution >= 0.6 is 11.6 Å². The first-order valence-corrected chi connectivity index (χ1v) is 11.3. The maximum atomic E-state index is 14.2. The molecule has 172 valence electrons. The molecular formula is C26H21ClFN3O3. The summed E-state index contributed by atoms with van der Waals surface area (Å²) >= 11 is 6.03. The molecule has 2 amide bonds. The maximum Gasteiger partial charge on any atom is 0.291 e. The molecule has 0 aliphatic carbocycles. The fourth-order valence-electron chi connectivity index (χ4n) is 4.14.